The summed E-state index contributed by atoms with van der Waals surface area (Å²) in [5.74, 6) is 0.362. The summed E-state index contributed by atoms with van der Waals surface area (Å²) in [7, 11) is 0. The lowest BCUT2D eigenvalue weighted by atomic mass is 10.2. The molecule has 1 aromatic heterocycles. The minimum atomic E-state index is -0.504. The minimum Gasteiger partial charge on any atom is -0.338 e. The van der Waals surface area contributed by atoms with E-state index in [0.717, 1.165) is 10.0 Å². The molecule has 2 N–H and O–H groups in total. The number of urea groups is 1. The molecule has 0 unspecified atom stereocenters. The van der Waals surface area contributed by atoms with Crippen molar-refractivity contribution in [2.75, 3.05) is 12.3 Å². The number of carbonyl (C=O) groups excluding carboxylic acids is 2. The fourth-order valence-electron chi connectivity index (χ4n) is 2.00. The summed E-state index contributed by atoms with van der Waals surface area (Å²) in [6, 6.07) is 7.22. The standard InChI is InChI=1S/C16H18BrN5O2S/c1-3-9-22-14(11-5-7-12(17)8-6-11)20-21-16(22)25-10-13(23)19-15(24)18-4-2/h3,5-8H,1,4,9-10H2,2H3,(H2,18,19,23,24). The molecule has 0 bridgehead atoms. The van der Waals surface area contributed by atoms with Gasteiger partial charge in [-0.2, -0.15) is 0 Å². The number of nitrogens with zero attached hydrogens (tertiary/aromatic N) is 3. The van der Waals surface area contributed by atoms with E-state index in [2.05, 4.69) is 43.3 Å². The summed E-state index contributed by atoms with van der Waals surface area (Å²) < 4.78 is 2.85. The van der Waals surface area contributed by atoms with Crippen LogP contribution >= 0.6 is 27.7 Å². The molecule has 0 saturated heterocycles. The number of amides is 3. The average Bonchev–Trinajstić information content (AvgIpc) is 2.97. The zero-order valence-electron chi connectivity index (χ0n) is 13.7. The molecule has 3 amide bonds. The zero-order chi connectivity index (χ0) is 18.2. The number of aromatic nitrogens is 3. The second kappa shape index (κ2) is 9.38. The summed E-state index contributed by atoms with van der Waals surface area (Å²) in [6.45, 7) is 6.50. The van der Waals surface area contributed by atoms with Crippen LogP contribution in [0.4, 0.5) is 4.79 Å². The molecule has 0 spiro atoms. The molecular formula is C16H18BrN5O2S. The highest BCUT2D eigenvalue weighted by Gasteiger charge is 2.15. The predicted molar refractivity (Wildman–Crippen MR) is 101 cm³/mol. The lowest BCUT2D eigenvalue weighted by molar-refractivity contribution is -0.117. The van der Waals surface area contributed by atoms with Crippen molar-refractivity contribution in [1.82, 2.24) is 25.4 Å². The van der Waals surface area contributed by atoms with E-state index in [4.69, 9.17) is 0 Å². The second-order valence-electron chi connectivity index (χ2n) is 4.91. The van der Waals surface area contributed by atoms with Crippen molar-refractivity contribution >= 4 is 39.6 Å². The zero-order valence-corrected chi connectivity index (χ0v) is 16.1. The first-order valence-corrected chi connectivity index (χ1v) is 9.33. The van der Waals surface area contributed by atoms with E-state index in [0.29, 0.717) is 24.1 Å². The van der Waals surface area contributed by atoms with Crippen molar-refractivity contribution in [3.05, 3.63) is 41.4 Å². The number of hydrogen-bond acceptors (Lipinski definition) is 5. The van der Waals surface area contributed by atoms with Gasteiger partial charge in [-0.15, -0.1) is 16.8 Å². The van der Waals surface area contributed by atoms with E-state index >= 15 is 0 Å². The van der Waals surface area contributed by atoms with Gasteiger partial charge >= 0.3 is 6.03 Å². The van der Waals surface area contributed by atoms with Gasteiger partial charge < -0.3 is 5.32 Å². The molecule has 1 heterocycles. The Bertz CT molecular complexity index is 760. The van der Waals surface area contributed by atoms with Gasteiger partial charge in [-0.3, -0.25) is 14.7 Å². The molecule has 9 heteroatoms. The Hall–Kier alpha value is -2.13. The Balaban J connectivity index is 2.10. The first kappa shape index (κ1) is 19.2. The topological polar surface area (TPSA) is 88.9 Å². The van der Waals surface area contributed by atoms with Crippen LogP contribution in [0.3, 0.4) is 0 Å². The van der Waals surface area contributed by atoms with Gasteiger partial charge in [-0.1, -0.05) is 45.9 Å². The number of carbonyl (C=O) groups is 2. The van der Waals surface area contributed by atoms with Crippen LogP contribution in [0.1, 0.15) is 6.92 Å². The number of halogens is 1. The summed E-state index contributed by atoms with van der Waals surface area (Å²) in [5.41, 5.74) is 0.913. The molecule has 7 nitrogen and oxygen atoms in total. The van der Waals surface area contributed by atoms with Crippen molar-refractivity contribution in [2.45, 2.75) is 18.6 Å². The van der Waals surface area contributed by atoms with Crippen LogP contribution in [0.15, 0.2) is 46.5 Å². The predicted octanol–water partition coefficient (Wildman–Crippen LogP) is 2.83. The third-order valence-corrected chi connectivity index (χ3v) is 4.55. The average molecular weight is 424 g/mol. The Morgan fingerprint density at radius 1 is 1.32 bits per heavy atom. The van der Waals surface area contributed by atoms with Crippen LogP contribution in [0.25, 0.3) is 11.4 Å². The van der Waals surface area contributed by atoms with E-state index in [-0.39, 0.29) is 5.75 Å². The minimum absolute atomic E-state index is 0.0623. The molecule has 132 valence electrons. The highest BCUT2D eigenvalue weighted by molar-refractivity contribution is 9.10. The third-order valence-electron chi connectivity index (χ3n) is 3.05. The fraction of sp³-hybridized carbons (Fsp3) is 0.250. The molecule has 0 aliphatic carbocycles. The molecule has 0 aliphatic rings. The smallest absolute Gasteiger partial charge is 0.321 e. The third kappa shape index (κ3) is 5.43. The van der Waals surface area contributed by atoms with Crippen LogP contribution in [0, 0.1) is 0 Å². The molecular weight excluding hydrogens is 406 g/mol. The number of benzene rings is 1. The van der Waals surface area contributed by atoms with Gasteiger partial charge in [-0.25, -0.2) is 4.79 Å². The fourth-order valence-corrected chi connectivity index (χ4v) is 3.01. The monoisotopic (exact) mass is 423 g/mol. The van der Waals surface area contributed by atoms with Gasteiger partial charge in [0.15, 0.2) is 11.0 Å². The SMILES string of the molecule is C=CCn1c(SCC(=O)NC(=O)NCC)nnc1-c1ccc(Br)cc1. The molecule has 0 aliphatic heterocycles. The molecule has 0 radical (unpaired) electrons. The van der Waals surface area contributed by atoms with Gasteiger partial charge in [-0.05, 0) is 19.1 Å². The molecule has 1 aromatic carbocycles. The van der Waals surface area contributed by atoms with Crippen molar-refractivity contribution < 1.29 is 9.59 Å². The first-order chi connectivity index (χ1) is 12.0. The highest BCUT2D eigenvalue weighted by atomic mass is 79.9. The molecule has 2 aromatic rings. The quantitative estimate of drug-likeness (QED) is 0.527. The van der Waals surface area contributed by atoms with Gasteiger partial charge in [0.25, 0.3) is 0 Å². The molecule has 0 saturated carbocycles. The number of allylic oxidation sites excluding steroid dienone is 1. The Morgan fingerprint density at radius 3 is 2.68 bits per heavy atom. The Kier molecular flexibility index (Phi) is 7.20. The Labute approximate surface area is 158 Å². The lowest BCUT2D eigenvalue weighted by Crippen LogP contribution is -2.40. The Morgan fingerprint density at radius 2 is 2.04 bits per heavy atom. The van der Waals surface area contributed by atoms with E-state index in [9.17, 15) is 9.59 Å². The number of thioether (sulfide) groups is 1. The van der Waals surface area contributed by atoms with Crippen LogP contribution < -0.4 is 10.6 Å². The van der Waals surface area contributed by atoms with E-state index in [1.165, 1.54) is 11.8 Å². The molecule has 25 heavy (non-hydrogen) atoms. The van der Waals surface area contributed by atoms with Gasteiger partial charge in [0.05, 0.1) is 5.75 Å². The summed E-state index contributed by atoms with van der Waals surface area (Å²) in [4.78, 5) is 23.2. The van der Waals surface area contributed by atoms with Crippen LogP contribution in [0.5, 0.6) is 0 Å². The summed E-state index contributed by atoms with van der Waals surface area (Å²) >= 11 is 4.62. The van der Waals surface area contributed by atoms with Gasteiger partial charge in [0, 0.05) is 23.1 Å². The molecule has 0 atom stereocenters. The van der Waals surface area contributed by atoms with Gasteiger partial charge in [0.1, 0.15) is 0 Å². The van der Waals surface area contributed by atoms with Crippen molar-refractivity contribution in [2.24, 2.45) is 0 Å². The first-order valence-electron chi connectivity index (χ1n) is 7.55. The van der Waals surface area contributed by atoms with Gasteiger partial charge in [0.2, 0.25) is 5.91 Å². The maximum Gasteiger partial charge on any atom is 0.321 e. The van der Waals surface area contributed by atoms with E-state index < -0.39 is 11.9 Å². The second-order valence-corrected chi connectivity index (χ2v) is 6.77. The van der Waals surface area contributed by atoms with Crippen LogP contribution in [0.2, 0.25) is 0 Å². The molecule has 0 fully saturated rings. The summed E-state index contributed by atoms with van der Waals surface area (Å²) in [6.07, 6.45) is 1.74. The largest absolute Gasteiger partial charge is 0.338 e. The van der Waals surface area contributed by atoms with Crippen molar-refractivity contribution in [3.63, 3.8) is 0 Å². The highest BCUT2D eigenvalue weighted by Crippen LogP contribution is 2.25. The van der Waals surface area contributed by atoms with Crippen molar-refractivity contribution in [1.29, 1.82) is 0 Å². The van der Waals surface area contributed by atoms with E-state index in [1.54, 1.807) is 13.0 Å². The normalized spacial score (nSPS) is 10.3. The number of nitrogens with one attached hydrogen (secondary N) is 2. The maximum atomic E-state index is 11.8. The molecule has 2 rings (SSSR count). The lowest BCUT2D eigenvalue weighted by Gasteiger charge is -2.08. The van der Waals surface area contributed by atoms with Crippen molar-refractivity contribution in [3.8, 4) is 11.4 Å². The number of rotatable bonds is 7. The van der Waals surface area contributed by atoms with Crippen LogP contribution in [-0.2, 0) is 11.3 Å². The summed E-state index contributed by atoms with van der Waals surface area (Å²) in [5, 5.41) is 13.7. The number of imide groups is 1. The number of hydrogen-bond donors (Lipinski definition) is 2. The maximum absolute atomic E-state index is 11.8. The van der Waals surface area contributed by atoms with E-state index in [1.807, 2.05) is 28.8 Å². The van der Waals surface area contributed by atoms with Crippen LogP contribution in [-0.4, -0.2) is 39.0 Å².